The van der Waals surface area contributed by atoms with Crippen molar-refractivity contribution in [3.05, 3.63) is 112 Å². The van der Waals surface area contributed by atoms with Crippen LogP contribution in [0.3, 0.4) is 0 Å². The van der Waals surface area contributed by atoms with Crippen LogP contribution in [0.5, 0.6) is 0 Å². The molecule has 1 aliphatic carbocycles. The number of hydrogen-bond acceptors (Lipinski definition) is 6. The second-order valence-corrected chi connectivity index (χ2v) is 9.99. The first-order chi connectivity index (χ1) is 20.1. The molecule has 212 valence electrons. The number of carbonyl (C=O) groups excluding carboxylic acids is 1. The molecule has 0 radical (unpaired) electrons. The average Bonchev–Trinajstić information content (AvgIpc) is 3.80. The second kappa shape index (κ2) is 10.4. The fraction of sp³-hybridized carbons (Fsp3) is 0.167. The minimum Gasteiger partial charge on any atom is -0.324 e. The van der Waals surface area contributed by atoms with Crippen molar-refractivity contribution in [2.45, 2.75) is 31.9 Å². The molecule has 2 heterocycles. The Labute approximate surface area is 236 Å². The van der Waals surface area contributed by atoms with Gasteiger partial charge in [-0.2, -0.15) is 23.1 Å². The maximum atomic E-state index is 13.5. The zero-order valence-corrected chi connectivity index (χ0v) is 22.0. The fourth-order valence-corrected chi connectivity index (χ4v) is 4.69. The van der Waals surface area contributed by atoms with E-state index in [9.17, 15) is 27.2 Å². The summed E-state index contributed by atoms with van der Waals surface area (Å²) >= 11 is 0. The SMILES string of the molecule is Cc1ccc(NC(=O)c2cccc(C(F)(F)F)c2)cc1-n1c(C2CC2)c2cnc(Nc3ccc(F)cc3)nc2nc1=O. The third-order valence-corrected chi connectivity index (χ3v) is 6.90. The van der Waals surface area contributed by atoms with Crippen LogP contribution in [0.4, 0.5) is 34.9 Å². The number of anilines is 3. The Balaban J connectivity index is 1.37. The van der Waals surface area contributed by atoms with Gasteiger partial charge in [0, 0.05) is 34.7 Å². The van der Waals surface area contributed by atoms with Gasteiger partial charge < -0.3 is 10.6 Å². The van der Waals surface area contributed by atoms with Gasteiger partial charge in [-0.25, -0.2) is 14.2 Å². The van der Waals surface area contributed by atoms with Crippen LogP contribution in [0.15, 0.2) is 77.7 Å². The highest BCUT2D eigenvalue weighted by molar-refractivity contribution is 6.04. The van der Waals surface area contributed by atoms with Crippen molar-refractivity contribution in [2.24, 2.45) is 0 Å². The highest BCUT2D eigenvalue weighted by atomic mass is 19.4. The molecule has 2 aromatic heterocycles. The smallest absolute Gasteiger partial charge is 0.324 e. The number of rotatable bonds is 6. The Kier molecular flexibility index (Phi) is 6.68. The van der Waals surface area contributed by atoms with E-state index in [1.54, 1.807) is 31.3 Å². The van der Waals surface area contributed by atoms with Crippen LogP contribution < -0.4 is 16.3 Å². The van der Waals surface area contributed by atoms with Crippen LogP contribution in [0.2, 0.25) is 0 Å². The van der Waals surface area contributed by atoms with E-state index in [-0.39, 0.29) is 28.9 Å². The van der Waals surface area contributed by atoms with Crippen LogP contribution in [-0.2, 0) is 6.18 Å². The van der Waals surface area contributed by atoms with E-state index in [0.717, 1.165) is 25.0 Å². The summed E-state index contributed by atoms with van der Waals surface area (Å²) in [5.41, 5.74) is 1.25. The van der Waals surface area contributed by atoms with Crippen molar-refractivity contribution >= 4 is 34.3 Å². The first kappa shape index (κ1) is 27.1. The summed E-state index contributed by atoms with van der Waals surface area (Å²) in [5, 5.41) is 6.19. The van der Waals surface area contributed by atoms with Crippen molar-refractivity contribution in [3.63, 3.8) is 0 Å². The van der Waals surface area contributed by atoms with Gasteiger partial charge in [-0.05, 0) is 79.9 Å². The number of halogens is 4. The fourth-order valence-electron chi connectivity index (χ4n) is 4.69. The molecule has 2 N–H and O–H groups in total. The third kappa shape index (κ3) is 5.42. The molecule has 0 unspecified atom stereocenters. The van der Waals surface area contributed by atoms with Gasteiger partial charge in [0.2, 0.25) is 5.95 Å². The third-order valence-electron chi connectivity index (χ3n) is 6.90. The Morgan fingerprint density at radius 3 is 2.43 bits per heavy atom. The molecule has 1 fully saturated rings. The van der Waals surface area contributed by atoms with Crippen molar-refractivity contribution in [1.82, 2.24) is 19.5 Å². The minimum absolute atomic E-state index is 0.0606. The number of hydrogen-bond donors (Lipinski definition) is 2. The summed E-state index contributed by atoms with van der Waals surface area (Å²) in [5.74, 6) is -0.857. The zero-order chi connectivity index (χ0) is 29.6. The van der Waals surface area contributed by atoms with Crippen LogP contribution in [0.1, 0.15) is 45.9 Å². The van der Waals surface area contributed by atoms with E-state index in [1.807, 2.05) is 0 Å². The van der Waals surface area contributed by atoms with Crippen LogP contribution in [0, 0.1) is 12.7 Å². The van der Waals surface area contributed by atoms with Crippen molar-refractivity contribution in [2.75, 3.05) is 10.6 Å². The Morgan fingerprint density at radius 2 is 1.71 bits per heavy atom. The van der Waals surface area contributed by atoms with E-state index in [1.165, 1.54) is 41.0 Å². The summed E-state index contributed by atoms with van der Waals surface area (Å²) in [6.07, 6.45) is -1.31. The standard InChI is InChI=1S/C30H22F4N6O2/c1-16-5-10-22(36-27(41)18-3-2-4-19(13-18)30(32,33)34)14-24(16)40-25(17-6-7-17)23-15-35-28(38-26(23)39-29(40)42)37-21-11-8-20(31)9-12-21/h2-5,8-15,17H,6-7H2,1H3,(H,36,41)(H,37,38,39,42). The summed E-state index contributed by atoms with van der Waals surface area (Å²) in [4.78, 5) is 39.3. The maximum absolute atomic E-state index is 13.5. The lowest BCUT2D eigenvalue weighted by Gasteiger charge is -2.18. The lowest BCUT2D eigenvalue weighted by atomic mass is 10.1. The molecule has 0 saturated heterocycles. The lowest BCUT2D eigenvalue weighted by molar-refractivity contribution is -0.137. The van der Waals surface area contributed by atoms with Crippen LogP contribution >= 0.6 is 0 Å². The number of aryl methyl sites for hydroxylation is 1. The maximum Gasteiger partial charge on any atom is 0.416 e. The monoisotopic (exact) mass is 574 g/mol. The number of amides is 1. The molecule has 1 saturated carbocycles. The molecule has 12 heteroatoms. The molecule has 6 rings (SSSR count). The highest BCUT2D eigenvalue weighted by Crippen LogP contribution is 2.43. The van der Waals surface area contributed by atoms with E-state index in [0.29, 0.717) is 33.7 Å². The van der Waals surface area contributed by atoms with Gasteiger partial charge in [0.1, 0.15) is 5.82 Å². The van der Waals surface area contributed by atoms with Gasteiger partial charge in [0.15, 0.2) is 5.65 Å². The zero-order valence-electron chi connectivity index (χ0n) is 22.0. The van der Waals surface area contributed by atoms with Gasteiger partial charge in [-0.15, -0.1) is 0 Å². The summed E-state index contributed by atoms with van der Waals surface area (Å²) in [6, 6.07) is 14.7. The molecule has 0 aliphatic heterocycles. The predicted molar refractivity (Wildman–Crippen MR) is 149 cm³/mol. The normalized spacial score (nSPS) is 13.3. The molecule has 42 heavy (non-hydrogen) atoms. The number of fused-ring (bicyclic) bond motifs is 1. The second-order valence-electron chi connectivity index (χ2n) is 9.99. The van der Waals surface area contributed by atoms with Crippen molar-refractivity contribution in [3.8, 4) is 5.69 Å². The summed E-state index contributed by atoms with van der Waals surface area (Å²) in [7, 11) is 0. The van der Waals surface area contributed by atoms with Crippen molar-refractivity contribution < 1.29 is 22.4 Å². The molecule has 0 bridgehead atoms. The number of alkyl halides is 3. The van der Waals surface area contributed by atoms with E-state index in [4.69, 9.17) is 0 Å². The molecule has 0 atom stereocenters. The minimum atomic E-state index is -4.59. The van der Waals surface area contributed by atoms with Crippen LogP contribution in [-0.4, -0.2) is 25.4 Å². The van der Waals surface area contributed by atoms with Gasteiger partial charge in [0.25, 0.3) is 5.91 Å². The average molecular weight is 575 g/mol. The highest BCUT2D eigenvalue weighted by Gasteiger charge is 2.32. The predicted octanol–water partition coefficient (Wildman–Crippen LogP) is 6.52. The van der Waals surface area contributed by atoms with E-state index in [2.05, 4.69) is 25.6 Å². The Morgan fingerprint density at radius 1 is 0.976 bits per heavy atom. The van der Waals surface area contributed by atoms with Crippen molar-refractivity contribution in [1.29, 1.82) is 0 Å². The van der Waals surface area contributed by atoms with E-state index >= 15 is 0 Å². The molecular weight excluding hydrogens is 552 g/mol. The molecule has 8 nitrogen and oxygen atoms in total. The number of nitrogens with one attached hydrogen (secondary N) is 2. The lowest BCUT2D eigenvalue weighted by Crippen LogP contribution is -2.26. The summed E-state index contributed by atoms with van der Waals surface area (Å²) in [6.45, 7) is 1.80. The molecule has 0 spiro atoms. The topological polar surface area (TPSA) is 102 Å². The number of carbonyl (C=O) groups is 1. The summed E-state index contributed by atoms with van der Waals surface area (Å²) < 4.78 is 54.2. The Hall–Kier alpha value is -5.13. The van der Waals surface area contributed by atoms with Gasteiger partial charge >= 0.3 is 11.9 Å². The largest absolute Gasteiger partial charge is 0.416 e. The Bertz CT molecular complexity index is 1900. The van der Waals surface area contributed by atoms with Gasteiger partial charge in [-0.1, -0.05) is 12.1 Å². The first-order valence-electron chi connectivity index (χ1n) is 13.0. The molecule has 5 aromatic rings. The quantitative estimate of drug-likeness (QED) is 0.224. The first-order valence-corrected chi connectivity index (χ1v) is 13.0. The molecular formula is C30H22F4N6O2. The number of nitrogens with zero attached hydrogens (tertiary/aromatic N) is 4. The van der Waals surface area contributed by atoms with Gasteiger partial charge in [-0.3, -0.25) is 9.36 Å². The van der Waals surface area contributed by atoms with Crippen LogP contribution in [0.25, 0.3) is 16.7 Å². The molecule has 1 aliphatic rings. The van der Waals surface area contributed by atoms with E-state index < -0.39 is 23.3 Å². The number of benzene rings is 3. The van der Waals surface area contributed by atoms with Gasteiger partial charge in [0.05, 0.1) is 16.6 Å². The molecule has 3 aromatic carbocycles. The molecule has 1 amide bonds. The number of aromatic nitrogens is 4.